The first-order valence-electron chi connectivity index (χ1n) is 8.11. The van der Waals surface area contributed by atoms with Crippen molar-refractivity contribution < 1.29 is 19.1 Å². The van der Waals surface area contributed by atoms with Crippen LogP contribution in [-0.4, -0.2) is 28.0 Å². The molecule has 2 aromatic rings. The third-order valence-corrected chi connectivity index (χ3v) is 5.23. The number of nitrogens with zero attached hydrogens (tertiary/aromatic N) is 2. The zero-order valence-electron chi connectivity index (χ0n) is 15.3. The fraction of sp³-hybridized carbons (Fsp3) is 0.211. The zero-order valence-corrected chi connectivity index (χ0v) is 16.9. The Morgan fingerprint density at radius 3 is 2.41 bits per heavy atom. The molecule has 0 spiro atoms. The number of aryl methyl sites for hydroxylation is 2. The van der Waals surface area contributed by atoms with Crippen molar-refractivity contribution in [3.8, 4) is 11.5 Å². The average molecular weight is 402 g/mol. The molecule has 0 aliphatic carbocycles. The van der Waals surface area contributed by atoms with Gasteiger partial charge in [-0.25, -0.2) is 0 Å². The van der Waals surface area contributed by atoms with Gasteiger partial charge in [0, 0.05) is 18.3 Å². The van der Waals surface area contributed by atoms with Gasteiger partial charge in [0.05, 0.1) is 12.0 Å². The maximum Gasteiger partial charge on any atom is 0.308 e. The monoisotopic (exact) mass is 402 g/mol. The summed E-state index contributed by atoms with van der Waals surface area (Å²) in [6.45, 7) is 5.17. The van der Waals surface area contributed by atoms with Gasteiger partial charge in [0.1, 0.15) is 0 Å². The molecule has 140 valence electrons. The van der Waals surface area contributed by atoms with Crippen molar-refractivity contribution >= 4 is 46.3 Å². The van der Waals surface area contributed by atoms with Gasteiger partial charge in [-0.1, -0.05) is 17.8 Å². The molecule has 0 radical (unpaired) electrons. The van der Waals surface area contributed by atoms with Gasteiger partial charge >= 0.3 is 5.97 Å². The van der Waals surface area contributed by atoms with Crippen LogP contribution >= 0.6 is 24.0 Å². The molecule has 0 unspecified atom stereocenters. The highest BCUT2D eigenvalue weighted by atomic mass is 32.2. The standard InChI is InChI=1S/C19H18N2O4S2/c1-11-5-6-12(2)20(11)21-18(23)17(27-19(21)26)10-14-7-8-15(25-13(3)22)16(9-14)24-4/h5-10H,1-4H3/b17-10-. The van der Waals surface area contributed by atoms with Crippen LogP contribution in [0.1, 0.15) is 23.9 Å². The van der Waals surface area contributed by atoms with Crippen molar-refractivity contribution in [2.45, 2.75) is 20.8 Å². The molecular formula is C19H18N2O4S2. The summed E-state index contributed by atoms with van der Waals surface area (Å²) in [4.78, 5) is 24.6. The Hall–Kier alpha value is -2.58. The number of amides is 1. The summed E-state index contributed by atoms with van der Waals surface area (Å²) >= 11 is 6.66. The number of thioether (sulfide) groups is 1. The van der Waals surface area contributed by atoms with E-state index in [9.17, 15) is 9.59 Å². The van der Waals surface area contributed by atoms with Crippen molar-refractivity contribution in [1.29, 1.82) is 0 Å². The first-order valence-corrected chi connectivity index (χ1v) is 9.34. The van der Waals surface area contributed by atoms with Gasteiger partial charge in [0.25, 0.3) is 5.91 Å². The van der Waals surface area contributed by atoms with Crippen LogP contribution in [0.15, 0.2) is 35.2 Å². The molecule has 27 heavy (non-hydrogen) atoms. The molecule has 0 atom stereocenters. The van der Waals surface area contributed by atoms with Crippen molar-refractivity contribution in [2.24, 2.45) is 0 Å². The molecular weight excluding hydrogens is 384 g/mol. The third-order valence-electron chi connectivity index (χ3n) is 3.95. The Labute approximate surface area is 166 Å². The molecule has 2 heterocycles. The highest BCUT2D eigenvalue weighted by Crippen LogP contribution is 2.34. The summed E-state index contributed by atoms with van der Waals surface area (Å²) in [7, 11) is 1.49. The first-order chi connectivity index (χ1) is 12.8. The van der Waals surface area contributed by atoms with E-state index in [2.05, 4.69) is 0 Å². The van der Waals surface area contributed by atoms with Crippen LogP contribution in [0.2, 0.25) is 0 Å². The number of rotatable bonds is 4. The van der Waals surface area contributed by atoms with Gasteiger partial charge in [0.15, 0.2) is 15.8 Å². The van der Waals surface area contributed by atoms with Gasteiger partial charge in [-0.05, 0) is 62.0 Å². The Balaban J connectivity index is 1.93. The molecule has 1 aliphatic rings. The lowest BCUT2D eigenvalue weighted by Gasteiger charge is -2.20. The van der Waals surface area contributed by atoms with Crippen LogP contribution < -0.4 is 14.5 Å². The third kappa shape index (κ3) is 3.77. The topological polar surface area (TPSA) is 60.8 Å². The van der Waals surface area contributed by atoms with Crippen molar-refractivity contribution in [3.05, 3.63) is 52.2 Å². The lowest BCUT2D eigenvalue weighted by atomic mass is 10.2. The Morgan fingerprint density at radius 2 is 1.81 bits per heavy atom. The number of ether oxygens (including phenoxy) is 2. The molecule has 0 N–H and O–H groups in total. The van der Waals surface area contributed by atoms with Crippen LogP contribution in [0.4, 0.5) is 0 Å². The fourth-order valence-electron chi connectivity index (χ4n) is 2.77. The number of carbonyl (C=O) groups is 2. The summed E-state index contributed by atoms with van der Waals surface area (Å²) in [5.41, 5.74) is 2.60. The first kappa shape index (κ1) is 19.2. The quantitative estimate of drug-likeness (QED) is 0.337. The molecule has 1 amide bonds. The van der Waals surface area contributed by atoms with Crippen molar-refractivity contribution in [3.63, 3.8) is 0 Å². The van der Waals surface area contributed by atoms with Crippen LogP contribution in [0, 0.1) is 13.8 Å². The molecule has 1 aromatic carbocycles. The second kappa shape index (κ2) is 7.58. The van der Waals surface area contributed by atoms with Gasteiger partial charge in [-0.2, -0.15) is 5.01 Å². The summed E-state index contributed by atoms with van der Waals surface area (Å²) in [5, 5.41) is 1.50. The lowest BCUT2D eigenvalue weighted by Crippen LogP contribution is -2.39. The molecule has 1 saturated heterocycles. The van der Waals surface area contributed by atoms with E-state index in [0.717, 1.165) is 17.0 Å². The minimum Gasteiger partial charge on any atom is -0.493 e. The molecule has 1 aromatic heterocycles. The zero-order chi connectivity index (χ0) is 19.7. The number of carbonyl (C=O) groups excluding carboxylic acids is 2. The molecule has 3 rings (SSSR count). The predicted molar refractivity (Wildman–Crippen MR) is 110 cm³/mol. The second-order valence-corrected chi connectivity index (χ2v) is 7.60. The minimum atomic E-state index is -0.431. The van der Waals surface area contributed by atoms with Crippen LogP contribution in [0.3, 0.4) is 0 Å². The average Bonchev–Trinajstić information content (AvgIpc) is 3.07. The van der Waals surface area contributed by atoms with Gasteiger partial charge in [-0.15, -0.1) is 0 Å². The van der Waals surface area contributed by atoms with E-state index >= 15 is 0 Å². The van der Waals surface area contributed by atoms with E-state index in [4.69, 9.17) is 21.7 Å². The maximum absolute atomic E-state index is 12.9. The SMILES string of the molecule is COc1cc(/C=C2\SC(=S)N(n3c(C)ccc3C)C2=O)ccc1OC(C)=O. The predicted octanol–water partition coefficient (Wildman–Crippen LogP) is 3.58. The van der Waals surface area contributed by atoms with Gasteiger partial charge in [-0.3, -0.25) is 14.3 Å². The fourth-order valence-corrected chi connectivity index (χ4v) is 4.01. The van der Waals surface area contributed by atoms with E-state index < -0.39 is 5.97 Å². The normalized spacial score (nSPS) is 15.6. The largest absolute Gasteiger partial charge is 0.493 e. The summed E-state index contributed by atoms with van der Waals surface area (Å²) in [6.07, 6.45) is 1.74. The molecule has 8 heteroatoms. The molecule has 1 aliphatic heterocycles. The number of hydrogen-bond donors (Lipinski definition) is 0. The molecule has 0 bridgehead atoms. The summed E-state index contributed by atoms with van der Waals surface area (Å²) in [5.74, 6) is 0.120. The number of benzene rings is 1. The van der Waals surface area contributed by atoms with Crippen LogP contribution in [0.25, 0.3) is 6.08 Å². The smallest absolute Gasteiger partial charge is 0.308 e. The van der Waals surface area contributed by atoms with E-state index in [0.29, 0.717) is 20.7 Å². The van der Waals surface area contributed by atoms with E-state index in [1.807, 2.05) is 30.7 Å². The Morgan fingerprint density at radius 1 is 1.15 bits per heavy atom. The van der Waals surface area contributed by atoms with Gasteiger partial charge < -0.3 is 9.47 Å². The van der Waals surface area contributed by atoms with Gasteiger partial charge in [0.2, 0.25) is 0 Å². The number of esters is 1. The Bertz CT molecular complexity index is 959. The summed E-state index contributed by atoms with van der Waals surface area (Å²) in [6, 6.07) is 8.97. The van der Waals surface area contributed by atoms with E-state index in [-0.39, 0.29) is 5.91 Å². The maximum atomic E-state index is 12.9. The lowest BCUT2D eigenvalue weighted by molar-refractivity contribution is -0.132. The highest BCUT2D eigenvalue weighted by molar-refractivity contribution is 8.27. The van der Waals surface area contributed by atoms with Crippen LogP contribution in [0.5, 0.6) is 11.5 Å². The number of methoxy groups -OCH3 is 1. The number of aromatic nitrogens is 1. The Kier molecular flexibility index (Phi) is 5.38. The van der Waals surface area contributed by atoms with Crippen molar-refractivity contribution in [2.75, 3.05) is 12.1 Å². The summed E-state index contributed by atoms with van der Waals surface area (Å²) < 4.78 is 12.7. The van der Waals surface area contributed by atoms with Crippen molar-refractivity contribution in [1.82, 2.24) is 4.68 Å². The number of thiocarbonyl (C=S) groups is 1. The van der Waals surface area contributed by atoms with E-state index in [1.165, 1.54) is 30.8 Å². The van der Waals surface area contributed by atoms with Crippen LogP contribution in [-0.2, 0) is 9.59 Å². The molecule has 1 fully saturated rings. The second-order valence-electron chi connectivity index (χ2n) is 5.93. The molecule has 6 nitrogen and oxygen atoms in total. The number of hydrogen-bond acceptors (Lipinski definition) is 6. The highest BCUT2D eigenvalue weighted by Gasteiger charge is 2.34. The van der Waals surface area contributed by atoms with E-state index in [1.54, 1.807) is 24.3 Å². The minimum absolute atomic E-state index is 0.185. The molecule has 0 saturated carbocycles.